The van der Waals surface area contributed by atoms with Gasteiger partial charge in [0.05, 0.1) is 11.3 Å². The Morgan fingerprint density at radius 2 is 2.05 bits per heavy atom. The summed E-state index contributed by atoms with van der Waals surface area (Å²) < 4.78 is 0. The summed E-state index contributed by atoms with van der Waals surface area (Å²) in [6, 6.07) is 5.13. The Morgan fingerprint density at radius 1 is 1.42 bits per heavy atom. The number of likely N-dealkylation sites (N-methyl/N-ethyl adjacent to an activating group) is 2. The van der Waals surface area contributed by atoms with Gasteiger partial charge in [0.25, 0.3) is 0 Å². The zero-order valence-electron chi connectivity index (χ0n) is 12.1. The molecule has 1 aromatic rings. The summed E-state index contributed by atoms with van der Waals surface area (Å²) in [5.74, 6) is -0.925. The molecule has 0 fully saturated rings. The minimum Gasteiger partial charge on any atom is -0.478 e. The molecule has 0 aliphatic rings. The van der Waals surface area contributed by atoms with Gasteiger partial charge in [-0.3, -0.25) is 0 Å². The highest BCUT2D eigenvalue weighted by atomic mass is 16.4. The Morgan fingerprint density at radius 3 is 2.53 bits per heavy atom. The summed E-state index contributed by atoms with van der Waals surface area (Å²) >= 11 is 0. The highest BCUT2D eigenvalue weighted by molar-refractivity contribution is 5.95. The fourth-order valence-corrected chi connectivity index (χ4v) is 2.31. The van der Waals surface area contributed by atoms with Crippen LogP contribution in [0.3, 0.4) is 0 Å². The minimum absolute atomic E-state index is 0.208. The van der Waals surface area contributed by atoms with Gasteiger partial charge < -0.3 is 20.6 Å². The lowest BCUT2D eigenvalue weighted by Crippen LogP contribution is -2.40. The second-order valence-electron chi connectivity index (χ2n) is 4.98. The van der Waals surface area contributed by atoms with Gasteiger partial charge in [0.15, 0.2) is 0 Å². The molecule has 0 saturated carbocycles. The van der Waals surface area contributed by atoms with Crippen molar-refractivity contribution in [3.63, 3.8) is 0 Å². The van der Waals surface area contributed by atoms with Gasteiger partial charge in [-0.15, -0.1) is 0 Å². The average Bonchev–Trinajstić information content (AvgIpc) is 2.28. The SMILES string of the molecule is CCN(c1cc(N)ccc1C(=O)O)C(C)CN(C)C. The molecular weight excluding hydrogens is 242 g/mol. The van der Waals surface area contributed by atoms with Crippen molar-refractivity contribution in [2.75, 3.05) is 37.8 Å². The number of rotatable bonds is 6. The topological polar surface area (TPSA) is 69.8 Å². The number of benzene rings is 1. The van der Waals surface area contributed by atoms with E-state index in [1.165, 1.54) is 0 Å². The van der Waals surface area contributed by atoms with E-state index < -0.39 is 5.97 Å². The van der Waals surface area contributed by atoms with E-state index in [2.05, 4.69) is 16.7 Å². The lowest BCUT2D eigenvalue weighted by Gasteiger charge is -2.33. The minimum atomic E-state index is -0.925. The molecule has 1 aromatic carbocycles. The van der Waals surface area contributed by atoms with Crippen LogP contribution in [0.15, 0.2) is 18.2 Å². The van der Waals surface area contributed by atoms with Gasteiger partial charge in [-0.05, 0) is 46.1 Å². The molecule has 1 atom stereocenters. The zero-order chi connectivity index (χ0) is 14.6. The highest BCUT2D eigenvalue weighted by Gasteiger charge is 2.20. The van der Waals surface area contributed by atoms with E-state index in [0.29, 0.717) is 16.9 Å². The summed E-state index contributed by atoms with van der Waals surface area (Å²) in [4.78, 5) is 15.5. The molecule has 0 heterocycles. The number of anilines is 2. The van der Waals surface area contributed by atoms with Crippen LogP contribution in [-0.2, 0) is 0 Å². The van der Waals surface area contributed by atoms with E-state index in [1.807, 2.05) is 21.0 Å². The number of carboxylic acid groups (broad SMARTS) is 1. The third kappa shape index (κ3) is 3.86. The largest absolute Gasteiger partial charge is 0.478 e. The zero-order valence-corrected chi connectivity index (χ0v) is 12.1. The lowest BCUT2D eigenvalue weighted by molar-refractivity contribution is 0.0697. The number of aromatic carboxylic acids is 1. The predicted molar refractivity (Wildman–Crippen MR) is 78.8 cm³/mol. The molecule has 0 saturated heterocycles. The molecular formula is C14H23N3O2. The van der Waals surface area contributed by atoms with Crippen molar-refractivity contribution in [3.05, 3.63) is 23.8 Å². The second kappa shape index (κ2) is 6.43. The normalized spacial score (nSPS) is 12.5. The quantitative estimate of drug-likeness (QED) is 0.767. The van der Waals surface area contributed by atoms with Crippen molar-refractivity contribution >= 4 is 17.3 Å². The van der Waals surface area contributed by atoms with E-state index in [9.17, 15) is 9.90 Å². The molecule has 1 rings (SSSR count). The third-order valence-electron chi connectivity index (χ3n) is 3.06. The standard InChI is InChI=1S/C14H23N3O2/c1-5-17(10(2)9-16(3)4)13-8-11(15)6-7-12(13)14(18)19/h6-8,10H,5,9,15H2,1-4H3,(H,18,19). The lowest BCUT2D eigenvalue weighted by atomic mass is 10.1. The third-order valence-corrected chi connectivity index (χ3v) is 3.06. The Balaban J connectivity index is 3.16. The molecule has 5 heteroatoms. The van der Waals surface area contributed by atoms with Gasteiger partial charge in [0.1, 0.15) is 0 Å². The molecule has 1 unspecified atom stereocenters. The molecule has 3 N–H and O–H groups in total. The van der Waals surface area contributed by atoms with Crippen molar-refractivity contribution in [2.45, 2.75) is 19.9 Å². The molecule has 0 aromatic heterocycles. The first-order chi connectivity index (χ1) is 8.86. The Kier molecular flexibility index (Phi) is 5.18. The number of hydrogen-bond acceptors (Lipinski definition) is 4. The first-order valence-electron chi connectivity index (χ1n) is 6.41. The van der Waals surface area contributed by atoms with Crippen molar-refractivity contribution in [1.29, 1.82) is 0 Å². The van der Waals surface area contributed by atoms with Crippen LogP contribution in [0.25, 0.3) is 0 Å². The maximum atomic E-state index is 11.3. The second-order valence-corrected chi connectivity index (χ2v) is 4.98. The number of nitrogens with two attached hydrogens (primary N) is 1. The maximum absolute atomic E-state index is 11.3. The van der Waals surface area contributed by atoms with Crippen molar-refractivity contribution < 1.29 is 9.90 Å². The number of nitrogen functional groups attached to an aromatic ring is 1. The van der Waals surface area contributed by atoms with Crippen LogP contribution in [0.1, 0.15) is 24.2 Å². The smallest absolute Gasteiger partial charge is 0.337 e. The number of carboxylic acids is 1. The number of nitrogens with zero attached hydrogens (tertiary/aromatic N) is 2. The van der Waals surface area contributed by atoms with Crippen LogP contribution < -0.4 is 10.6 Å². The molecule has 0 aliphatic heterocycles. The van der Waals surface area contributed by atoms with Gasteiger partial charge in [0.2, 0.25) is 0 Å². The van der Waals surface area contributed by atoms with Crippen molar-refractivity contribution in [1.82, 2.24) is 4.90 Å². The van der Waals surface area contributed by atoms with E-state index in [-0.39, 0.29) is 6.04 Å². The molecule has 5 nitrogen and oxygen atoms in total. The number of carbonyl (C=O) groups is 1. The Labute approximate surface area is 114 Å². The van der Waals surface area contributed by atoms with E-state index in [4.69, 9.17) is 5.73 Å². The monoisotopic (exact) mass is 265 g/mol. The summed E-state index contributed by atoms with van der Waals surface area (Å²) in [5.41, 5.74) is 7.35. The predicted octanol–water partition coefficient (Wildman–Crippen LogP) is 1.74. The van der Waals surface area contributed by atoms with Gasteiger partial charge in [0, 0.05) is 24.8 Å². The van der Waals surface area contributed by atoms with E-state index in [0.717, 1.165) is 13.1 Å². The van der Waals surface area contributed by atoms with Gasteiger partial charge in [-0.1, -0.05) is 0 Å². The summed E-state index contributed by atoms with van der Waals surface area (Å²) in [5, 5.41) is 9.29. The average molecular weight is 265 g/mol. The molecule has 0 spiro atoms. The van der Waals surface area contributed by atoms with Crippen LogP contribution in [0.4, 0.5) is 11.4 Å². The molecule has 0 bridgehead atoms. The Hall–Kier alpha value is -1.75. The maximum Gasteiger partial charge on any atom is 0.337 e. The first kappa shape index (κ1) is 15.3. The fraction of sp³-hybridized carbons (Fsp3) is 0.500. The van der Waals surface area contributed by atoms with Gasteiger partial charge in [-0.25, -0.2) is 4.79 Å². The van der Waals surface area contributed by atoms with Crippen LogP contribution in [-0.4, -0.2) is 49.2 Å². The van der Waals surface area contributed by atoms with Crippen LogP contribution in [0.2, 0.25) is 0 Å². The molecule has 0 radical (unpaired) electrons. The Bertz CT molecular complexity index is 446. The fourth-order valence-electron chi connectivity index (χ4n) is 2.31. The van der Waals surface area contributed by atoms with Crippen LogP contribution in [0.5, 0.6) is 0 Å². The summed E-state index contributed by atoms with van der Waals surface area (Å²) in [7, 11) is 4.00. The van der Waals surface area contributed by atoms with Crippen LogP contribution >= 0.6 is 0 Å². The summed E-state index contributed by atoms with van der Waals surface area (Å²) in [6.45, 7) is 5.68. The van der Waals surface area contributed by atoms with Crippen molar-refractivity contribution in [3.8, 4) is 0 Å². The van der Waals surface area contributed by atoms with Gasteiger partial charge in [-0.2, -0.15) is 0 Å². The van der Waals surface area contributed by atoms with E-state index >= 15 is 0 Å². The summed E-state index contributed by atoms with van der Waals surface area (Å²) in [6.07, 6.45) is 0. The highest BCUT2D eigenvalue weighted by Crippen LogP contribution is 2.25. The number of hydrogen-bond donors (Lipinski definition) is 2. The molecule has 0 aliphatic carbocycles. The van der Waals surface area contributed by atoms with E-state index in [1.54, 1.807) is 18.2 Å². The molecule has 0 amide bonds. The molecule has 106 valence electrons. The molecule has 19 heavy (non-hydrogen) atoms. The van der Waals surface area contributed by atoms with Gasteiger partial charge >= 0.3 is 5.97 Å². The van der Waals surface area contributed by atoms with Crippen molar-refractivity contribution in [2.24, 2.45) is 0 Å². The van der Waals surface area contributed by atoms with Crippen LogP contribution in [0, 0.1) is 0 Å². The first-order valence-corrected chi connectivity index (χ1v) is 6.41.